The zero-order valence-electron chi connectivity index (χ0n) is 4.90. The van der Waals surface area contributed by atoms with Crippen molar-refractivity contribution >= 4 is 6.47 Å². The molecular formula is C5H4N2O3. The highest BCUT2D eigenvalue weighted by molar-refractivity contribution is 5.43. The summed E-state index contributed by atoms with van der Waals surface area (Å²) in [6, 6.07) is 1.13. The van der Waals surface area contributed by atoms with Gasteiger partial charge in [-0.3, -0.25) is 9.59 Å². The molecule has 0 saturated heterocycles. The van der Waals surface area contributed by atoms with Gasteiger partial charge < -0.3 is 4.74 Å². The highest BCUT2D eigenvalue weighted by Crippen LogP contribution is 1.99. The van der Waals surface area contributed by atoms with E-state index in [4.69, 9.17) is 0 Å². The summed E-state index contributed by atoms with van der Waals surface area (Å²) in [5.74, 6) is 0.138. The number of rotatable bonds is 2. The van der Waals surface area contributed by atoms with E-state index in [2.05, 4.69) is 14.9 Å². The second-order valence-corrected chi connectivity index (χ2v) is 1.50. The van der Waals surface area contributed by atoms with Gasteiger partial charge in [-0.25, -0.2) is 5.10 Å². The van der Waals surface area contributed by atoms with Gasteiger partial charge in [-0.05, 0) is 0 Å². The van der Waals surface area contributed by atoms with E-state index < -0.39 is 5.56 Å². The minimum absolute atomic E-state index is 0.138. The van der Waals surface area contributed by atoms with Gasteiger partial charge in [0.05, 0.1) is 6.20 Å². The van der Waals surface area contributed by atoms with Crippen LogP contribution in [-0.2, 0) is 4.79 Å². The maximum absolute atomic E-state index is 10.5. The van der Waals surface area contributed by atoms with E-state index in [1.807, 2.05) is 0 Å². The molecule has 0 amide bonds. The molecule has 0 saturated carbocycles. The van der Waals surface area contributed by atoms with E-state index in [1.54, 1.807) is 0 Å². The number of ether oxygens (including phenoxy) is 1. The van der Waals surface area contributed by atoms with E-state index >= 15 is 0 Å². The third-order valence-corrected chi connectivity index (χ3v) is 0.824. The zero-order chi connectivity index (χ0) is 7.40. The van der Waals surface area contributed by atoms with Gasteiger partial charge in [0.2, 0.25) is 0 Å². The molecule has 1 N–H and O–H groups in total. The quantitative estimate of drug-likeness (QED) is 0.551. The van der Waals surface area contributed by atoms with E-state index in [-0.39, 0.29) is 12.2 Å². The summed E-state index contributed by atoms with van der Waals surface area (Å²) in [4.78, 5) is 20.2. The first-order chi connectivity index (χ1) is 4.83. The smallest absolute Gasteiger partial charge is 0.298 e. The molecule has 0 bridgehead atoms. The van der Waals surface area contributed by atoms with E-state index in [0.29, 0.717) is 0 Å². The van der Waals surface area contributed by atoms with Crippen molar-refractivity contribution in [3.63, 3.8) is 0 Å². The molecule has 0 aliphatic carbocycles. The Morgan fingerprint density at radius 1 is 1.70 bits per heavy atom. The Morgan fingerprint density at radius 3 is 3.10 bits per heavy atom. The highest BCUT2D eigenvalue weighted by Gasteiger charge is 1.91. The van der Waals surface area contributed by atoms with Gasteiger partial charge in [0.1, 0.15) is 0 Å². The fourth-order valence-corrected chi connectivity index (χ4v) is 0.478. The number of hydrogen-bond acceptors (Lipinski definition) is 4. The second kappa shape index (κ2) is 2.77. The first-order valence-electron chi connectivity index (χ1n) is 2.48. The van der Waals surface area contributed by atoms with E-state index in [9.17, 15) is 9.59 Å². The third-order valence-electron chi connectivity index (χ3n) is 0.824. The minimum Gasteiger partial charge on any atom is -0.427 e. The lowest BCUT2D eigenvalue weighted by Crippen LogP contribution is -2.06. The van der Waals surface area contributed by atoms with E-state index in [0.717, 1.165) is 6.07 Å². The van der Waals surface area contributed by atoms with Crippen LogP contribution in [0.15, 0.2) is 17.1 Å². The molecule has 1 aromatic heterocycles. The third kappa shape index (κ3) is 1.41. The molecule has 1 rings (SSSR count). The molecule has 0 aliphatic heterocycles. The number of H-pyrrole nitrogens is 1. The van der Waals surface area contributed by atoms with Crippen LogP contribution in [0.1, 0.15) is 0 Å². The molecule has 0 unspecified atom stereocenters. The maximum atomic E-state index is 10.5. The Labute approximate surface area is 55.6 Å². The number of nitrogens with one attached hydrogen (secondary N) is 1. The van der Waals surface area contributed by atoms with Crippen LogP contribution in [0.3, 0.4) is 0 Å². The second-order valence-electron chi connectivity index (χ2n) is 1.50. The van der Waals surface area contributed by atoms with Gasteiger partial charge in [0.15, 0.2) is 5.75 Å². The average Bonchev–Trinajstić information content (AvgIpc) is 1.88. The fraction of sp³-hybridized carbons (Fsp3) is 0. The summed E-state index contributed by atoms with van der Waals surface area (Å²) in [6.45, 7) is 0.233. The van der Waals surface area contributed by atoms with Crippen molar-refractivity contribution in [2.75, 3.05) is 0 Å². The Hall–Kier alpha value is -1.65. The monoisotopic (exact) mass is 140 g/mol. The molecule has 1 heterocycles. The molecule has 0 atom stereocenters. The standard InChI is InChI=1S/C5H4N2O3/c8-3-10-4-1-5(9)7-6-2-4/h1-3H,(H,7,9). The Balaban J connectivity index is 2.95. The topological polar surface area (TPSA) is 72.0 Å². The summed E-state index contributed by atoms with van der Waals surface area (Å²) in [5.41, 5.74) is -0.403. The molecule has 0 aliphatic rings. The van der Waals surface area contributed by atoms with Gasteiger partial charge in [0, 0.05) is 6.07 Å². The van der Waals surface area contributed by atoms with Crippen molar-refractivity contribution in [3.05, 3.63) is 22.6 Å². The van der Waals surface area contributed by atoms with Gasteiger partial charge >= 0.3 is 0 Å². The lowest BCUT2D eigenvalue weighted by atomic mass is 10.5. The molecule has 52 valence electrons. The van der Waals surface area contributed by atoms with E-state index in [1.165, 1.54) is 6.20 Å². The van der Waals surface area contributed by atoms with Crippen molar-refractivity contribution in [2.24, 2.45) is 0 Å². The molecule has 10 heavy (non-hydrogen) atoms. The first-order valence-corrected chi connectivity index (χ1v) is 2.48. The van der Waals surface area contributed by atoms with Crippen LogP contribution >= 0.6 is 0 Å². The van der Waals surface area contributed by atoms with Crippen LogP contribution < -0.4 is 10.3 Å². The van der Waals surface area contributed by atoms with Crippen molar-refractivity contribution in [1.82, 2.24) is 10.2 Å². The number of aromatic nitrogens is 2. The maximum Gasteiger partial charge on any atom is 0.298 e. The van der Waals surface area contributed by atoms with Crippen molar-refractivity contribution in [1.29, 1.82) is 0 Å². The molecule has 0 fully saturated rings. The number of carbonyl (C=O) groups is 1. The Bertz CT molecular complexity index is 280. The molecular weight excluding hydrogens is 136 g/mol. The molecule has 5 nitrogen and oxygen atoms in total. The lowest BCUT2D eigenvalue weighted by molar-refractivity contribution is -0.120. The van der Waals surface area contributed by atoms with Gasteiger partial charge in [-0.2, -0.15) is 5.10 Å². The van der Waals surface area contributed by atoms with Gasteiger partial charge in [0.25, 0.3) is 12.0 Å². The number of aromatic amines is 1. The van der Waals surface area contributed by atoms with Crippen molar-refractivity contribution < 1.29 is 9.53 Å². The minimum atomic E-state index is -0.403. The molecule has 0 spiro atoms. The number of hydrogen-bond donors (Lipinski definition) is 1. The SMILES string of the molecule is O=COc1cn[nH]c(=O)c1. The van der Waals surface area contributed by atoms with Crippen LogP contribution in [0.5, 0.6) is 5.75 Å². The summed E-state index contributed by atoms with van der Waals surface area (Å²) in [7, 11) is 0. The van der Waals surface area contributed by atoms with Crippen molar-refractivity contribution in [2.45, 2.75) is 0 Å². The number of nitrogens with zero attached hydrogens (tertiary/aromatic N) is 1. The highest BCUT2D eigenvalue weighted by atomic mass is 16.5. The van der Waals surface area contributed by atoms with Crippen LogP contribution in [-0.4, -0.2) is 16.7 Å². The van der Waals surface area contributed by atoms with Gasteiger partial charge in [-0.1, -0.05) is 0 Å². The molecule has 5 heteroatoms. The van der Waals surface area contributed by atoms with Crippen LogP contribution in [0.4, 0.5) is 0 Å². The van der Waals surface area contributed by atoms with Crippen LogP contribution in [0.2, 0.25) is 0 Å². The summed E-state index contributed by atoms with van der Waals surface area (Å²) in [6.07, 6.45) is 1.23. The normalized spacial score (nSPS) is 8.80. The fourth-order valence-electron chi connectivity index (χ4n) is 0.478. The Morgan fingerprint density at radius 2 is 2.50 bits per heavy atom. The molecule has 0 aromatic carbocycles. The predicted octanol–water partition coefficient (Wildman–Crippen LogP) is -0.695. The lowest BCUT2D eigenvalue weighted by Gasteiger charge is -1.91. The van der Waals surface area contributed by atoms with Crippen LogP contribution in [0, 0.1) is 0 Å². The Kier molecular flexibility index (Phi) is 1.79. The van der Waals surface area contributed by atoms with Crippen LogP contribution in [0.25, 0.3) is 0 Å². The summed E-state index contributed by atoms with van der Waals surface area (Å²) in [5, 5.41) is 5.51. The van der Waals surface area contributed by atoms with Crippen molar-refractivity contribution in [3.8, 4) is 5.75 Å². The first kappa shape index (κ1) is 6.47. The average molecular weight is 140 g/mol. The molecule has 1 aromatic rings. The number of carbonyl (C=O) groups excluding carboxylic acids is 1. The largest absolute Gasteiger partial charge is 0.427 e. The molecule has 0 radical (unpaired) electrons. The van der Waals surface area contributed by atoms with Gasteiger partial charge in [-0.15, -0.1) is 0 Å². The summed E-state index contributed by atoms with van der Waals surface area (Å²) < 4.78 is 4.32. The zero-order valence-corrected chi connectivity index (χ0v) is 4.90. The predicted molar refractivity (Wildman–Crippen MR) is 31.5 cm³/mol. The summed E-state index contributed by atoms with van der Waals surface area (Å²) >= 11 is 0.